The van der Waals surface area contributed by atoms with E-state index in [1.165, 1.54) is 5.56 Å². The molecule has 0 spiro atoms. The minimum Gasteiger partial charge on any atom is -0.381 e. The zero-order valence-electron chi connectivity index (χ0n) is 11.8. The third kappa shape index (κ3) is 4.26. The standard InChI is InChI=1S/C17H21ClN2/c1-13-7-9-15(11-17(13)18)20-16(12-19)10-8-14-5-3-2-4-6-14/h2-7,9,11,16,20H,8,10,12,19H2,1H3. The molecular weight excluding hydrogens is 268 g/mol. The largest absolute Gasteiger partial charge is 0.381 e. The molecular formula is C17H21ClN2. The number of halogens is 1. The van der Waals surface area contributed by atoms with Crippen LogP contribution in [0.5, 0.6) is 0 Å². The minimum atomic E-state index is 0.258. The van der Waals surface area contributed by atoms with E-state index in [4.69, 9.17) is 17.3 Å². The van der Waals surface area contributed by atoms with Gasteiger partial charge in [0.15, 0.2) is 0 Å². The van der Waals surface area contributed by atoms with Crippen molar-refractivity contribution in [2.24, 2.45) is 5.73 Å². The molecule has 0 aliphatic carbocycles. The molecule has 0 aromatic heterocycles. The predicted octanol–water partition coefficient (Wildman–Crippen LogP) is 4.02. The van der Waals surface area contributed by atoms with E-state index in [1.807, 2.05) is 31.2 Å². The van der Waals surface area contributed by atoms with Gasteiger partial charge in [0.1, 0.15) is 0 Å². The van der Waals surface area contributed by atoms with Crippen LogP contribution in [-0.4, -0.2) is 12.6 Å². The van der Waals surface area contributed by atoms with Gasteiger partial charge in [0.05, 0.1) is 0 Å². The highest BCUT2D eigenvalue weighted by molar-refractivity contribution is 6.31. The summed E-state index contributed by atoms with van der Waals surface area (Å²) in [6.07, 6.45) is 2.03. The Labute approximate surface area is 126 Å². The fourth-order valence-electron chi connectivity index (χ4n) is 2.15. The molecule has 0 bridgehead atoms. The highest BCUT2D eigenvalue weighted by atomic mass is 35.5. The smallest absolute Gasteiger partial charge is 0.0455 e. The lowest BCUT2D eigenvalue weighted by molar-refractivity contribution is 0.660. The molecule has 2 nitrogen and oxygen atoms in total. The number of benzene rings is 2. The van der Waals surface area contributed by atoms with Gasteiger partial charge in [-0.2, -0.15) is 0 Å². The maximum absolute atomic E-state index is 6.14. The fourth-order valence-corrected chi connectivity index (χ4v) is 2.33. The summed E-state index contributed by atoms with van der Waals surface area (Å²) < 4.78 is 0. The lowest BCUT2D eigenvalue weighted by Crippen LogP contribution is -2.29. The highest BCUT2D eigenvalue weighted by Gasteiger charge is 2.07. The third-order valence-electron chi connectivity index (χ3n) is 3.45. The predicted molar refractivity (Wildman–Crippen MR) is 87.4 cm³/mol. The zero-order chi connectivity index (χ0) is 14.4. The molecule has 0 aliphatic heterocycles. The second-order valence-corrected chi connectivity index (χ2v) is 5.47. The van der Waals surface area contributed by atoms with E-state index < -0.39 is 0 Å². The van der Waals surface area contributed by atoms with E-state index in [2.05, 4.69) is 29.6 Å². The average molecular weight is 289 g/mol. The second kappa shape index (κ2) is 7.32. The Morgan fingerprint density at radius 2 is 1.90 bits per heavy atom. The van der Waals surface area contributed by atoms with Gasteiger partial charge in [0, 0.05) is 23.3 Å². The Kier molecular flexibility index (Phi) is 5.45. The SMILES string of the molecule is Cc1ccc(NC(CN)CCc2ccccc2)cc1Cl. The molecule has 0 radical (unpaired) electrons. The summed E-state index contributed by atoms with van der Waals surface area (Å²) in [6, 6.07) is 16.8. The zero-order valence-corrected chi connectivity index (χ0v) is 12.5. The molecule has 106 valence electrons. The summed E-state index contributed by atoms with van der Waals surface area (Å²) >= 11 is 6.14. The van der Waals surface area contributed by atoms with E-state index >= 15 is 0 Å². The first-order chi connectivity index (χ1) is 9.69. The topological polar surface area (TPSA) is 38.0 Å². The van der Waals surface area contributed by atoms with Crippen molar-refractivity contribution >= 4 is 17.3 Å². The van der Waals surface area contributed by atoms with Gasteiger partial charge in [0.25, 0.3) is 0 Å². The molecule has 1 atom stereocenters. The normalized spacial score (nSPS) is 12.2. The van der Waals surface area contributed by atoms with Crippen molar-refractivity contribution in [3.63, 3.8) is 0 Å². The lowest BCUT2D eigenvalue weighted by atomic mass is 10.0. The van der Waals surface area contributed by atoms with Gasteiger partial charge < -0.3 is 11.1 Å². The summed E-state index contributed by atoms with van der Waals surface area (Å²) in [7, 11) is 0. The van der Waals surface area contributed by atoms with Gasteiger partial charge in [0.2, 0.25) is 0 Å². The van der Waals surface area contributed by atoms with Crippen LogP contribution < -0.4 is 11.1 Å². The first-order valence-corrected chi connectivity index (χ1v) is 7.33. The van der Waals surface area contributed by atoms with Crippen LogP contribution in [0.3, 0.4) is 0 Å². The Morgan fingerprint density at radius 1 is 1.15 bits per heavy atom. The molecule has 0 aliphatic rings. The van der Waals surface area contributed by atoms with Crippen LogP contribution in [0.25, 0.3) is 0 Å². The number of hydrogen-bond acceptors (Lipinski definition) is 2. The summed E-state index contributed by atoms with van der Waals surface area (Å²) in [5.41, 5.74) is 9.32. The van der Waals surface area contributed by atoms with Gasteiger partial charge in [-0.15, -0.1) is 0 Å². The minimum absolute atomic E-state index is 0.258. The first kappa shape index (κ1) is 14.9. The van der Waals surface area contributed by atoms with Crippen molar-refractivity contribution in [3.05, 3.63) is 64.7 Å². The molecule has 0 amide bonds. The lowest BCUT2D eigenvalue weighted by Gasteiger charge is -2.18. The molecule has 1 unspecified atom stereocenters. The van der Waals surface area contributed by atoms with Crippen molar-refractivity contribution < 1.29 is 0 Å². The Hall–Kier alpha value is -1.51. The number of nitrogens with two attached hydrogens (primary N) is 1. The summed E-state index contributed by atoms with van der Waals surface area (Å²) in [5.74, 6) is 0. The number of aryl methyl sites for hydroxylation is 2. The van der Waals surface area contributed by atoms with E-state index in [9.17, 15) is 0 Å². The summed E-state index contributed by atoms with van der Waals surface area (Å²) in [6.45, 7) is 2.61. The van der Waals surface area contributed by atoms with E-state index in [-0.39, 0.29) is 6.04 Å². The van der Waals surface area contributed by atoms with Crippen LogP contribution in [-0.2, 0) is 6.42 Å². The van der Waals surface area contributed by atoms with Crippen LogP contribution in [0.2, 0.25) is 5.02 Å². The quantitative estimate of drug-likeness (QED) is 0.842. The Morgan fingerprint density at radius 3 is 2.55 bits per heavy atom. The molecule has 3 N–H and O–H groups in total. The third-order valence-corrected chi connectivity index (χ3v) is 3.86. The molecule has 3 heteroatoms. The molecule has 20 heavy (non-hydrogen) atoms. The maximum Gasteiger partial charge on any atom is 0.0455 e. The fraction of sp³-hybridized carbons (Fsp3) is 0.294. The second-order valence-electron chi connectivity index (χ2n) is 5.07. The van der Waals surface area contributed by atoms with Crippen LogP contribution in [0, 0.1) is 6.92 Å². The monoisotopic (exact) mass is 288 g/mol. The molecule has 2 aromatic rings. The molecule has 0 heterocycles. The molecule has 0 saturated carbocycles. The van der Waals surface area contributed by atoms with Gasteiger partial charge in [-0.3, -0.25) is 0 Å². The number of hydrogen-bond donors (Lipinski definition) is 2. The van der Waals surface area contributed by atoms with Gasteiger partial charge in [-0.05, 0) is 43.0 Å². The number of anilines is 1. The molecule has 0 saturated heterocycles. The van der Waals surface area contributed by atoms with E-state index in [0.29, 0.717) is 6.54 Å². The molecule has 0 fully saturated rings. The van der Waals surface area contributed by atoms with Gasteiger partial charge >= 0.3 is 0 Å². The molecule has 2 rings (SSSR count). The van der Waals surface area contributed by atoms with Gasteiger partial charge in [-0.1, -0.05) is 48.0 Å². The van der Waals surface area contributed by atoms with E-state index in [1.54, 1.807) is 0 Å². The first-order valence-electron chi connectivity index (χ1n) is 6.95. The van der Waals surface area contributed by atoms with Crippen molar-refractivity contribution in [1.29, 1.82) is 0 Å². The van der Waals surface area contributed by atoms with Gasteiger partial charge in [-0.25, -0.2) is 0 Å². The van der Waals surface area contributed by atoms with Crippen LogP contribution in [0.15, 0.2) is 48.5 Å². The van der Waals surface area contributed by atoms with Crippen molar-refractivity contribution in [2.45, 2.75) is 25.8 Å². The van der Waals surface area contributed by atoms with Crippen LogP contribution in [0.1, 0.15) is 17.5 Å². The number of rotatable bonds is 6. The van der Waals surface area contributed by atoms with Crippen LogP contribution >= 0.6 is 11.6 Å². The summed E-state index contributed by atoms with van der Waals surface area (Å²) in [4.78, 5) is 0. The average Bonchev–Trinajstić information content (AvgIpc) is 2.48. The highest BCUT2D eigenvalue weighted by Crippen LogP contribution is 2.21. The maximum atomic E-state index is 6.14. The molecule has 2 aromatic carbocycles. The summed E-state index contributed by atoms with van der Waals surface area (Å²) in [5, 5.41) is 4.24. The Bertz CT molecular complexity index is 540. The van der Waals surface area contributed by atoms with Crippen molar-refractivity contribution in [3.8, 4) is 0 Å². The van der Waals surface area contributed by atoms with Crippen molar-refractivity contribution in [1.82, 2.24) is 0 Å². The Balaban J connectivity index is 1.93. The number of nitrogens with one attached hydrogen (secondary N) is 1. The van der Waals surface area contributed by atoms with Crippen molar-refractivity contribution in [2.75, 3.05) is 11.9 Å². The van der Waals surface area contributed by atoms with E-state index in [0.717, 1.165) is 29.1 Å². The van der Waals surface area contributed by atoms with Crippen LogP contribution in [0.4, 0.5) is 5.69 Å².